The van der Waals surface area contributed by atoms with Crippen molar-refractivity contribution >= 4 is 11.6 Å². The molecule has 0 bridgehead atoms. The predicted octanol–water partition coefficient (Wildman–Crippen LogP) is 4.32. The van der Waals surface area contributed by atoms with Gasteiger partial charge in [-0.3, -0.25) is 4.79 Å². The number of amides is 1. The van der Waals surface area contributed by atoms with Crippen LogP contribution in [0.5, 0.6) is 5.75 Å². The van der Waals surface area contributed by atoms with E-state index < -0.39 is 11.6 Å². The zero-order valence-corrected chi connectivity index (χ0v) is 15.9. The fourth-order valence-corrected chi connectivity index (χ4v) is 3.29. The van der Waals surface area contributed by atoms with Gasteiger partial charge in [-0.2, -0.15) is 4.98 Å². The van der Waals surface area contributed by atoms with Gasteiger partial charge in [0.25, 0.3) is 0 Å². The first kappa shape index (κ1) is 19.0. The van der Waals surface area contributed by atoms with E-state index in [4.69, 9.17) is 9.26 Å². The van der Waals surface area contributed by atoms with Crippen LogP contribution >= 0.6 is 0 Å². The number of hydrogen-bond donors (Lipinski definition) is 0. The molecule has 3 aromatic rings. The molecule has 4 rings (SSSR count). The minimum Gasteiger partial charge on any atom is -0.491 e. The van der Waals surface area contributed by atoms with Crippen LogP contribution in [-0.2, 0) is 4.79 Å². The van der Waals surface area contributed by atoms with Crippen LogP contribution in [-0.4, -0.2) is 28.7 Å². The Labute approximate surface area is 166 Å². The number of rotatable bonds is 5. The van der Waals surface area contributed by atoms with Crippen LogP contribution < -0.4 is 9.64 Å². The monoisotopic (exact) mass is 399 g/mol. The number of anilines is 1. The van der Waals surface area contributed by atoms with Crippen LogP contribution in [0.1, 0.15) is 32.1 Å². The smallest absolute Gasteiger partial charge is 0.232 e. The van der Waals surface area contributed by atoms with Gasteiger partial charge in [-0.25, -0.2) is 8.78 Å². The maximum atomic E-state index is 13.5. The van der Waals surface area contributed by atoms with Gasteiger partial charge in [-0.05, 0) is 50.2 Å². The highest BCUT2D eigenvalue weighted by Crippen LogP contribution is 2.32. The molecule has 0 saturated carbocycles. The molecule has 0 radical (unpaired) electrons. The maximum Gasteiger partial charge on any atom is 0.232 e. The van der Waals surface area contributed by atoms with Gasteiger partial charge >= 0.3 is 0 Å². The third kappa shape index (κ3) is 4.11. The molecular weight excluding hydrogens is 380 g/mol. The Kier molecular flexibility index (Phi) is 5.00. The van der Waals surface area contributed by atoms with E-state index in [1.807, 2.05) is 38.1 Å². The van der Waals surface area contributed by atoms with Crippen LogP contribution in [0.3, 0.4) is 0 Å². The van der Waals surface area contributed by atoms with E-state index in [1.54, 1.807) is 0 Å². The molecule has 1 amide bonds. The van der Waals surface area contributed by atoms with Crippen molar-refractivity contribution in [2.45, 2.75) is 32.3 Å². The average Bonchev–Trinajstić information content (AvgIpc) is 3.28. The minimum absolute atomic E-state index is 0.0760. The second-order valence-corrected chi connectivity index (χ2v) is 7.18. The molecule has 6 nitrogen and oxygen atoms in total. The Morgan fingerprint density at radius 2 is 1.83 bits per heavy atom. The summed E-state index contributed by atoms with van der Waals surface area (Å²) in [4.78, 5) is 18.1. The highest BCUT2D eigenvalue weighted by Gasteiger charge is 2.35. The van der Waals surface area contributed by atoms with E-state index in [0.717, 1.165) is 29.5 Å². The Bertz CT molecular complexity index is 1010. The molecule has 1 atom stereocenters. The van der Waals surface area contributed by atoms with Gasteiger partial charge in [0.1, 0.15) is 17.4 Å². The van der Waals surface area contributed by atoms with Crippen molar-refractivity contribution in [2.75, 3.05) is 11.4 Å². The fourth-order valence-electron chi connectivity index (χ4n) is 3.29. The van der Waals surface area contributed by atoms with Crippen molar-refractivity contribution in [1.82, 2.24) is 10.1 Å². The highest BCUT2D eigenvalue weighted by molar-refractivity contribution is 5.96. The van der Waals surface area contributed by atoms with Gasteiger partial charge in [0.15, 0.2) is 0 Å². The number of halogens is 2. The normalized spacial score (nSPS) is 16.7. The van der Waals surface area contributed by atoms with Crippen molar-refractivity contribution < 1.29 is 22.8 Å². The highest BCUT2D eigenvalue weighted by atomic mass is 19.1. The summed E-state index contributed by atoms with van der Waals surface area (Å²) < 4.78 is 38.0. The molecule has 1 unspecified atom stereocenters. The Morgan fingerprint density at radius 1 is 1.14 bits per heavy atom. The van der Waals surface area contributed by atoms with Crippen molar-refractivity contribution in [3.63, 3.8) is 0 Å². The lowest BCUT2D eigenvalue weighted by molar-refractivity contribution is -0.117. The quantitative estimate of drug-likeness (QED) is 0.639. The molecule has 2 aromatic carbocycles. The lowest BCUT2D eigenvalue weighted by Crippen LogP contribution is -2.24. The number of carbonyl (C=O) groups is 1. The summed E-state index contributed by atoms with van der Waals surface area (Å²) >= 11 is 0. The van der Waals surface area contributed by atoms with Crippen LogP contribution in [0.2, 0.25) is 0 Å². The van der Waals surface area contributed by atoms with Crippen molar-refractivity contribution in [2.24, 2.45) is 0 Å². The SMILES string of the molecule is CC(C)Oc1ccc(-c2noc(C3CC(=O)N(c4cc(F)cc(F)c4)C3)n2)cc1. The summed E-state index contributed by atoms with van der Waals surface area (Å²) in [5.41, 5.74) is 0.931. The van der Waals surface area contributed by atoms with Gasteiger partial charge in [0, 0.05) is 30.3 Å². The predicted molar refractivity (Wildman–Crippen MR) is 102 cm³/mol. The third-order valence-electron chi connectivity index (χ3n) is 4.56. The first-order chi connectivity index (χ1) is 13.9. The van der Waals surface area contributed by atoms with E-state index in [0.29, 0.717) is 11.7 Å². The van der Waals surface area contributed by atoms with Crippen molar-refractivity contribution in [1.29, 1.82) is 0 Å². The molecule has 1 aromatic heterocycles. The zero-order valence-electron chi connectivity index (χ0n) is 15.9. The number of hydrogen-bond acceptors (Lipinski definition) is 5. The third-order valence-corrected chi connectivity index (χ3v) is 4.56. The Balaban J connectivity index is 1.50. The largest absolute Gasteiger partial charge is 0.491 e. The van der Waals surface area contributed by atoms with E-state index >= 15 is 0 Å². The Hall–Kier alpha value is -3.29. The van der Waals surface area contributed by atoms with Gasteiger partial charge < -0.3 is 14.2 Å². The summed E-state index contributed by atoms with van der Waals surface area (Å²) in [6.07, 6.45) is 0.202. The van der Waals surface area contributed by atoms with Crippen LogP contribution in [0.15, 0.2) is 47.0 Å². The molecule has 8 heteroatoms. The first-order valence-corrected chi connectivity index (χ1v) is 9.26. The van der Waals surface area contributed by atoms with E-state index in [2.05, 4.69) is 10.1 Å². The Morgan fingerprint density at radius 3 is 2.48 bits per heavy atom. The van der Waals surface area contributed by atoms with Gasteiger partial charge in [0.2, 0.25) is 17.6 Å². The lowest BCUT2D eigenvalue weighted by atomic mass is 10.1. The molecule has 2 heterocycles. The second-order valence-electron chi connectivity index (χ2n) is 7.18. The number of aromatic nitrogens is 2. The summed E-state index contributed by atoms with van der Waals surface area (Å²) in [5.74, 6) is -0.614. The number of ether oxygens (including phenoxy) is 1. The van der Waals surface area contributed by atoms with Gasteiger partial charge in [-0.1, -0.05) is 5.16 Å². The summed E-state index contributed by atoms with van der Waals surface area (Å²) in [6, 6.07) is 10.3. The molecule has 0 aliphatic carbocycles. The molecular formula is C21H19F2N3O3. The molecule has 1 saturated heterocycles. The number of carbonyl (C=O) groups excluding carboxylic acids is 1. The van der Waals surface area contributed by atoms with Gasteiger partial charge in [0.05, 0.1) is 12.0 Å². The molecule has 0 N–H and O–H groups in total. The molecule has 29 heavy (non-hydrogen) atoms. The van der Waals surface area contributed by atoms with Crippen molar-refractivity contribution in [3.8, 4) is 17.1 Å². The molecule has 150 valence electrons. The standard InChI is InChI=1S/C21H19F2N3O3/c1-12(2)28-18-5-3-13(4-6-18)20-24-21(29-25-20)14-7-19(27)26(11-14)17-9-15(22)8-16(23)10-17/h3-6,8-10,12,14H,7,11H2,1-2H3. The molecule has 1 aliphatic heterocycles. The van der Waals surface area contributed by atoms with Gasteiger partial charge in [-0.15, -0.1) is 0 Å². The molecule has 0 spiro atoms. The summed E-state index contributed by atoms with van der Waals surface area (Å²) in [7, 11) is 0. The first-order valence-electron chi connectivity index (χ1n) is 9.26. The summed E-state index contributed by atoms with van der Waals surface area (Å²) in [5, 5.41) is 4.00. The minimum atomic E-state index is -0.735. The van der Waals surface area contributed by atoms with Crippen LogP contribution in [0, 0.1) is 11.6 Å². The van der Waals surface area contributed by atoms with E-state index in [9.17, 15) is 13.6 Å². The fraction of sp³-hybridized carbons (Fsp3) is 0.286. The second kappa shape index (κ2) is 7.62. The molecule has 1 fully saturated rings. The summed E-state index contributed by atoms with van der Waals surface area (Å²) in [6.45, 7) is 4.11. The topological polar surface area (TPSA) is 68.5 Å². The van der Waals surface area contributed by atoms with Crippen LogP contribution in [0.25, 0.3) is 11.4 Å². The average molecular weight is 399 g/mol. The number of benzene rings is 2. The maximum absolute atomic E-state index is 13.5. The van der Waals surface area contributed by atoms with E-state index in [-0.39, 0.29) is 36.6 Å². The van der Waals surface area contributed by atoms with Crippen LogP contribution in [0.4, 0.5) is 14.5 Å². The number of nitrogens with zero attached hydrogens (tertiary/aromatic N) is 3. The van der Waals surface area contributed by atoms with E-state index in [1.165, 1.54) is 4.90 Å². The van der Waals surface area contributed by atoms with Crippen molar-refractivity contribution in [3.05, 3.63) is 60.0 Å². The molecule has 1 aliphatic rings. The zero-order chi connectivity index (χ0) is 20.5. The lowest BCUT2D eigenvalue weighted by Gasteiger charge is -2.16.